The molecule has 0 saturated heterocycles. The molecule has 0 amide bonds. The molecule has 1 N–H and O–H groups in total. The van der Waals surface area contributed by atoms with Gasteiger partial charge >= 0.3 is 6.18 Å². The van der Waals surface area contributed by atoms with Crippen LogP contribution in [-0.4, -0.2) is 9.38 Å². The predicted octanol–water partition coefficient (Wildman–Crippen LogP) is 5.89. The largest absolute Gasteiger partial charge is 0.467 e. The Labute approximate surface area is 165 Å². The number of hydrogen-bond acceptors (Lipinski definition) is 4. The highest BCUT2D eigenvalue weighted by molar-refractivity contribution is 6.42. The topological polar surface area (TPSA) is 66.3 Å². The monoisotopic (exact) mass is 424 g/mol. The first kappa shape index (κ1) is 18.5. The van der Waals surface area contributed by atoms with Gasteiger partial charge in [-0.05, 0) is 30.3 Å². The number of nitriles is 1. The Morgan fingerprint density at radius 2 is 1.96 bits per heavy atom. The first-order valence-electron chi connectivity index (χ1n) is 7.87. The first-order valence-corrected chi connectivity index (χ1v) is 8.63. The molecule has 0 saturated carbocycles. The highest BCUT2D eigenvalue weighted by Gasteiger charge is 2.36. The molecular weight excluding hydrogens is 416 g/mol. The van der Waals surface area contributed by atoms with Crippen LogP contribution in [0.3, 0.4) is 0 Å². The fourth-order valence-corrected chi connectivity index (χ4v) is 3.25. The van der Waals surface area contributed by atoms with Gasteiger partial charge < -0.3 is 9.73 Å². The van der Waals surface area contributed by atoms with Crippen molar-refractivity contribution < 1.29 is 17.6 Å². The molecule has 0 fully saturated rings. The van der Waals surface area contributed by atoms with Crippen molar-refractivity contribution in [2.24, 2.45) is 0 Å². The molecule has 10 heteroatoms. The number of fused-ring (bicyclic) bond motifs is 3. The van der Waals surface area contributed by atoms with Crippen molar-refractivity contribution in [3.8, 4) is 6.07 Å². The van der Waals surface area contributed by atoms with Crippen LogP contribution in [0.5, 0.6) is 0 Å². The fourth-order valence-electron chi connectivity index (χ4n) is 2.93. The second kappa shape index (κ2) is 6.62. The molecule has 4 rings (SSSR count). The summed E-state index contributed by atoms with van der Waals surface area (Å²) in [6, 6.07) is 8.77. The number of alkyl halides is 3. The van der Waals surface area contributed by atoms with Crippen molar-refractivity contribution >= 4 is 45.7 Å². The number of aromatic nitrogens is 2. The summed E-state index contributed by atoms with van der Waals surface area (Å²) < 4.78 is 47.3. The van der Waals surface area contributed by atoms with Gasteiger partial charge in [-0.3, -0.25) is 4.40 Å². The summed E-state index contributed by atoms with van der Waals surface area (Å²) in [4.78, 5) is 4.20. The van der Waals surface area contributed by atoms with E-state index in [4.69, 9.17) is 27.6 Å². The van der Waals surface area contributed by atoms with Crippen molar-refractivity contribution in [3.05, 3.63) is 63.5 Å². The summed E-state index contributed by atoms with van der Waals surface area (Å²) in [5.41, 5.74) is -1.09. The van der Waals surface area contributed by atoms with E-state index in [-0.39, 0.29) is 28.1 Å². The SMILES string of the molecule is N#Cc1c(C(F)(F)F)cc(NCc2ccco2)n2c1nc1cc(Cl)c(Cl)cc12. The molecule has 0 radical (unpaired) electrons. The number of nitrogens with one attached hydrogen (secondary N) is 1. The highest BCUT2D eigenvalue weighted by atomic mass is 35.5. The van der Waals surface area contributed by atoms with Crippen molar-refractivity contribution in [3.63, 3.8) is 0 Å². The Morgan fingerprint density at radius 3 is 2.61 bits per heavy atom. The Balaban J connectivity index is 2.03. The van der Waals surface area contributed by atoms with Crippen LogP contribution in [0.4, 0.5) is 19.0 Å². The van der Waals surface area contributed by atoms with E-state index in [9.17, 15) is 18.4 Å². The van der Waals surface area contributed by atoms with E-state index in [2.05, 4.69) is 10.3 Å². The minimum absolute atomic E-state index is 0.0821. The number of pyridine rings is 1. The summed E-state index contributed by atoms with van der Waals surface area (Å²) in [5.74, 6) is 0.607. The van der Waals surface area contributed by atoms with Gasteiger partial charge in [0.25, 0.3) is 0 Å². The molecule has 4 aromatic rings. The van der Waals surface area contributed by atoms with Crippen LogP contribution < -0.4 is 5.32 Å². The van der Waals surface area contributed by atoms with Crippen LogP contribution in [0.15, 0.2) is 41.0 Å². The quantitative estimate of drug-likeness (QED) is 0.445. The summed E-state index contributed by atoms with van der Waals surface area (Å²) in [7, 11) is 0. The molecule has 1 aromatic carbocycles. The van der Waals surface area contributed by atoms with E-state index in [1.54, 1.807) is 18.2 Å². The van der Waals surface area contributed by atoms with Gasteiger partial charge in [-0.1, -0.05) is 23.2 Å². The van der Waals surface area contributed by atoms with Crippen molar-refractivity contribution in [2.45, 2.75) is 12.7 Å². The number of rotatable bonds is 3. The number of hydrogen-bond donors (Lipinski definition) is 1. The number of anilines is 1. The zero-order valence-corrected chi connectivity index (χ0v) is 15.3. The van der Waals surface area contributed by atoms with Gasteiger partial charge in [-0.2, -0.15) is 18.4 Å². The third-order valence-electron chi connectivity index (χ3n) is 4.15. The second-order valence-corrected chi connectivity index (χ2v) is 6.70. The first-order chi connectivity index (χ1) is 13.3. The lowest BCUT2D eigenvalue weighted by atomic mass is 10.1. The van der Waals surface area contributed by atoms with Crippen LogP contribution in [-0.2, 0) is 12.7 Å². The number of halogens is 5. The molecule has 0 unspecified atom stereocenters. The number of nitrogens with zero attached hydrogens (tertiary/aromatic N) is 3. The molecule has 0 aliphatic rings. The predicted molar refractivity (Wildman–Crippen MR) is 98.5 cm³/mol. The molecule has 0 aliphatic heterocycles. The van der Waals surface area contributed by atoms with Gasteiger partial charge in [0.05, 0.1) is 39.5 Å². The minimum Gasteiger partial charge on any atom is -0.467 e. The molecule has 0 atom stereocenters. The zero-order chi connectivity index (χ0) is 20.1. The average Bonchev–Trinajstić information content (AvgIpc) is 3.27. The fraction of sp³-hybridized carbons (Fsp3) is 0.111. The molecule has 142 valence electrons. The van der Waals surface area contributed by atoms with Crippen LogP contribution in [0.2, 0.25) is 10.0 Å². The Kier molecular flexibility index (Phi) is 4.37. The van der Waals surface area contributed by atoms with Crippen LogP contribution >= 0.6 is 23.2 Å². The number of furan rings is 1. The van der Waals surface area contributed by atoms with Gasteiger partial charge in [-0.15, -0.1) is 0 Å². The Hall–Kier alpha value is -2.89. The molecule has 0 spiro atoms. The summed E-state index contributed by atoms with van der Waals surface area (Å²) in [6.45, 7) is 0.131. The van der Waals surface area contributed by atoms with Crippen LogP contribution in [0.25, 0.3) is 16.7 Å². The lowest BCUT2D eigenvalue weighted by molar-refractivity contribution is -0.137. The van der Waals surface area contributed by atoms with Gasteiger partial charge in [0.15, 0.2) is 5.65 Å². The lowest BCUT2D eigenvalue weighted by Crippen LogP contribution is -2.13. The molecule has 3 heterocycles. The minimum atomic E-state index is -4.73. The van der Waals surface area contributed by atoms with E-state index in [1.807, 2.05) is 0 Å². The Bertz CT molecular complexity index is 1240. The van der Waals surface area contributed by atoms with Gasteiger partial charge in [0.1, 0.15) is 23.2 Å². The maximum atomic E-state index is 13.6. The van der Waals surface area contributed by atoms with Crippen LogP contribution in [0.1, 0.15) is 16.9 Å². The van der Waals surface area contributed by atoms with E-state index in [0.717, 1.165) is 6.07 Å². The van der Waals surface area contributed by atoms with Gasteiger partial charge in [0, 0.05) is 0 Å². The molecule has 3 aromatic heterocycles. The van der Waals surface area contributed by atoms with Crippen molar-refractivity contribution in [1.82, 2.24) is 9.38 Å². The summed E-state index contributed by atoms with van der Waals surface area (Å²) in [6.07, 6.45) is -3.28. The van der Waals surface area contributed by atoms with Crippen molar-refractivity contribution in [2.75, 3.05) is 5.32 Å². The third kappa shape index (κ3) is 3.03. The molecule has 28 heavy (non-hydrogen) atoms. The molecule has 5 nitrogen and oxygen atoms in total. The molecular formula is C18H9Cl2F3N4O. The number of benzene rings is 1. The molecule has 0 bridgehead atoms. The van der Waals surface area contributed by atoms with Gasteiger partial charge in [0.2, 0.25) is 0 Å². The smallest absolute Gasteiger partial charge is 0.417 e. The van der Waals surface area contributed by atoms with Gasteiger partial charge in [-0.25, -0.2) is 4.98 Å². The van der Waals surface area contributed by atoms with E-state index < -0.39 is 17.3 Å². The normalized spacial score (nSPS) is 11.9. The zero-order valence-electron chi connectivity index (χ0n) is 13.8. The van der Waals surface area contributed by atoms with Crippen LogP contribution in [0, 0.1) is 11.3 Å². The highest BCUT2D eigenvalue weighted by Crippen LogP contribution is 2.38. The van der Waals surface area contributed by atoms with E-state index in [0.29, 0.717) is 16.8 Å². The third-order valence-corrected chi connectivity index (χ3v) is 4.87. The Morgan fingerprint density at radius 1 is 1.21 bits per heavy atom. The summed E-state index contributed by atoms with van der Waals surface area (Å²) in [5, 5.41) is 12.7. The molecule has 0 aliphatic carbocycles. The van der Waals surface area contributed by atoms with Crippen molar-refractivity contribution in [1.29, 1.82) is 5.26 Å². The standard InChI is InChI=1S/C18H9Cl2F3N4O/c19-12-5-14-15(6-13(12)20)27-16(25-8-9-2-1-3-28-9)4-11(18(21,22)23)10(7-24)17(27)26-14/h1-6,25H,8H2. The van der Waals surface area contributed by atoms with E-state index in [1.165, 1.54) is 22.8 Å². The maximum Gasteiger partial charge on any atom is 0.417 e. The second-order valence-electron chi connectivity index (χ2n) is 5.89. The number of imidazole rings is 1. The van der Waals surface area contributed by atoms with E-state index >= 15 is 0 Å². The lowest BCUT2D eigenvalue weighted by Gasteiger charge is -2.15. The average molecular weight is 425 g/mol. The summed E-state index contributed by atoms with van der Waals surface area (Å²) >= 11 is 12.1. The maximum absolute atomic E-state index is 13.6.